The molecule has 0 fully saturated rings. The highest BCUT2D eigenvalue weighted by atomic mass is 16.5. The molecular formula is C33H34N3O5+. The topological polar surface area (TPSA) is 108 Å². The van der Waals surface area contributed by atoms with E-state index in [2.05, 4.69) is 22.2 Å². The van der Waals surface area contributed by atoms with E-state index < -0.39 is 17.8 Å². The summed E-state index contributed by atoms with van der Waals surface area (Å²) >= 11 is 0. The maximum Gasteiger partial charge on any atom is 0.317 e. The van der Waals surface area contributed by atoms with Gasteiger partial charge in [-0.1, -0.05) is 43.0 Å². The van der Waals surface area contributed by atoms with Crippen LogP contribution in [0.5, 0.6) is 5.75 Å². The molecular weight excluding hydrogens is 518 g/mol. The number of anilines is 1. The number of aromatic amines is 1. The molecule has 3 N–H and O–H groups in total. The van der Waals surface area contributed by atoms with Crippen LogP contribution >= 0.6 is 0 Å². The zero-order valence-electron chi connectivity index (χ0n) is 23.5. The van der Waals surface area contributed by atoms with E-state index in [1.54, 1.807) is 19.4 Å². The average molecular weight is 553 g/mol. The number of allylic oxidation sites excluding steroid dienone is 2. The number of carbonyl (C=O) groups is 3. The number of methoxy groups -OCH3 is 1. The lowest BCUT2D eigenvalue weighted by atomic mass is 9.68. The molecule has 1 amide bonds. The van der Waals surface area contributed by atoms with E-state index in [9.17, 15) is 14.4 Å². The van der Waals surface area contributed by atoms with Crippen LogP contribution < -0.4 is 20.4 Å². The molecule has 1 aliphatic heterocycles. The van der Waals surface area contributed by atoms with Crippen LogP contribution in [0.4, 0.5) is 5.82 Å². The lowest BCUT2D eigenvalue weighted by Gasteiger charge is -2.39. The van der Waals surface area contributed by atoms with Gasteiger partial charge in [0.05, 0.1) is 13.3 Å². The molecule has 0 saturated carbocycles. The number of rotatable bonds is 7. The minimum Gasteiger partial charge on any atom is -0.496 e. The Morgan fingerprint density at radius 2 is 1.85 bits per heavy atom. The van der Waals surface area contributed by atoms with Crippen molar-refractivity contribution in [3.05, 3.63) is 113 Å². The lowest BCUT2D eigenvalue weighted by molar-refractivity contribution is -0.361. The second-order valence-electron chi connectivity index (χ2n) is 10.5. The second-order valence-corrected chi connectivity index (χ2v) is 10.5. The van der Waals surface area contributed by atoms with Crippen molar-refractivity contribution < 1.29 is 28.8 Å². The van der Waals surface area contributed by atoms with E-state index in [4.69, 9.17) is 9.47 Å². The number of Topliss-reactive ketones (excluding diaryl/α,β-unsaturated/α-hetero) is 1. The minimum atomic E-state index is -0.783. The summed E-state index contributed by atoms with van der Waals surface area (Å²) < 4.78 is 10.8. The number of ether oxygens (including phenoxy) is 2. The van der Waals surface area contributed by atoms with Crippen LogP contribution in [0, 0.1) is 12.8 Å². The van der Waals surface area contributed by atoms with Crippen LogP contribution in [0.15, 0.2) is 90.4 Å². The Kier molecular flexibility index (Phi) is 8.01. The minimum absolute atomic E-state index is 0.00320. The summed E-state index contributed by atoms with van der Waals surface area (Å²) in [5, 5.41) is 6.37. The standard InChI is InChI=1S/C33H33N3O5/c1-19-9-8-14-34-32(19)36-33(39)29-20(2)35-26-16-24(22-10-6-5-7-11-22)17-27(38)31(26)30(29)23-12-13-28(40-4)25(15-23)18-41-21(3)37/h5-15,24,29-30,35H,2,16-18H2,1,3-4H3,(H,34,36,39)/p+1. The van der Waals surface area contributed by atoms with E-state index in [0.717, 1.165) is 22.4 Å². The van der Waals surface area contributed by atoms with Crippen LogP contribution in [0.2, 0.25) is 0 Å². The third kappa shape index (κ3) is 5.77. The number of esters is 1. The first-order valence-corrected chi connectivity index (χ1v) is 13.6. The average Bonchev–Trinajstić information content (AvgIpc) is 2.96. The van der Waals surface area contributed by atoms with Crippen LogP contribution in [0.1, 0.15) is 53.9 Å². The first kappa shape index (κ1) is 27.8. The Bertz CT molecular complexity index is 1550. The van der Waals surface area contributed by atoms with Gasteiger partial charge in [-0.15, -0.1) is 0 Å². The third-order valence-corrected chi connectivity index (χ3v) is 7.80. The Balaban J connectivity index is 1.60. The molecule has 8 nitrogen and oxygen atoms in total. The molecule has 1 aliphatic carbocycles. The molecule has 2 aliphatic rings. The molecule has 0 saturated heterocycles. The van der Waals surface area contributed by atoms with Gasteiger partial charge in [-0.2, -0.15) is 0 Å². The number of amides is 1. The number of carbonyl (C=O) groups excluding carboxylic acids is 3. The van der Waals surface area contributed by atoms with Crippen molar-refractivity contribution in [2.45, 2.75) is 45.1 Å². The highest BCUT2D eigenvalue weighted by Gasteiger charge is 2.46. The molecule has 2 aromatic carbocycles. The predicted octanol–water partition coefficient (Wildman–Crippen LogP) is 4.74. The molecule has 5 rings (SSSR count). The second kappa shape index (κ2) is 11.8. The number of benzene rings is 2. The fourth-order valence-corrected chi connectivity index (χ4v) is 5.82. The van der Waals surface area contributed by atoms with Crippen molar-refractivity contribution in [3.63, 3.8) is 0 Å². The van der Waals surface area contributed by atoms with Crippen LogP contribution in [0.25, 0.3) is 0 Å². The molecule has 1 aromatic heterocycles. The maximum absolute atomic E-state index is 13.9. The highest BCUT2D eigenvalue weighted by Crippen LogP contribution is 2.47. The van der Waals surface area contributed by atoms with Gasteiger partial charge in [-0.05, 0) is 54.7 Å². The number of nitrogens with one attached hydrogen (secondary N) is 3. The summed E-state index contributed by atoms with van der Waals surface area (Å²) in [6.45, 7) is 7.51. The van der Waals surface area contributed by atoms with Gasteiger partial charge in [0.1, 0.15) is 18.3 Å². The van der Waals surface area contributed by atoms with Gasteiger partial charge in [-0.3, -0.25) is 9.59 Å². The van der Waals surface area contributed by atoms with E-state index in [-0.39, 0.29) is 24.2 Å². The molecule has 0 bridgehead atoms. The SMILES string of the molecule is C=C1NC2=C(C(=O)CC(c3ccccc3)C2)C(c2ccc(OC)c(COC(C)=O)c2)C1C(=O)Nc1[nH+]cccc1C. The molecule has 210 valence electrons. The van der Waals surface area contributed by atoms with Gasteiger partial charge in [-0.25, -0.2) is 15.1 Å². The monoisotopic (exact) mass is 552 g/mol. The Morgan fingerprint density at radius 3 is 2.56 bits per heavy atom. The number of aryl methyl sites for hydroxylation is 1. The summed E-state index contributed by atoms with van der Waals surface area (Å²) in [7, 11) is 1.54. The first-order valence-electron chi connectivity index (χ1n) is 13.6. The lowest BCUT2D eigenvalue weighted by Crippen LogP contribution is -2.43. The number of ketones is 1. The van der Waals surface area contributed by atoms with Crippen molar-refractivity contribution in [2.24, 2.45) is 5.92 Å². The fraction of sp³-hybridized carbons (Fsp3) is 0.273. The van der Waals surface area contributed by atoms with Crippen LogP contribution in [0.3, 0.4) is 0 Å². The largest absolute Gasteiger partial charge is 0.496 e. The van der Waals surface area contributed by atoms with Gasteiger partial charge in [0.15, 0.2) is 5.78 Å². The molecule has 2 heterocycles. The quantitative estimate of drug-likeness (QED) is 0.410. The van der Waals surface area contributed by atoms with E-state index in [1.165, 1.54) is 6.92 Å². The van der Waals surface area contributed by atoms with Crippen LogP contribution in [-0.2, 0) is 25.7 Å². The predicted molar refractivity (Wildman–Crippen MR) is 154 cm³/mol. The zero-order valence-corrected chi connectivity index (χ0v) is 23.5. The summed E-state index contributed by atoms with van der Waals surface area (Å²) in [4.78, 5) is 42.6. The van der Waals surface area contributed by atoms with Crippen molar-refractivity contribution in [1.82, 2.24) is 5.32 Å². The van der Waals surface area contributed by atoms with Gasteiger partial charge in [0, 0.05) is 47.4 Å². The van der Waals surface area contributed by atoms with Crippen molar-refractivity contribution in [1.29, 1.82) is 0 Å². The molecule has 0 radical (unpaired) electrons. The molecule has 3 aromatic rings. The first-order chi connectivity index (χ1) is 19.8. The smallest absolute Gasteiger partial charge is 0.317 e. The Morgan fingerprint density at radius 1 is 1.07 bits per heavy atom. The van der Waals surface area contributed by atoms with E-state index in [0.29, 0.717) is 41.2 Å². The van der Waals surface area contributed by atoms with Crippen molar-refractivity contribution in [2.75, 3.05) is 12.4 Å². The number of aromatic nitrogens is 1. The zero-order chi connectivity index (χ0) is 29.1. The number of hydrogen-bond donors (Lipinski definition) is 2. The van der Waals surface area contributed by atoms with Gasteiger partial charge in [0.25, 0.3) is 5.82 Å². The maximum atomic E-state index is 13.9. The van der Waals surface area contributed by atoms with Crippen LogP contribution in [-0.4, -0.2) is 24.8 Å². The normalized spacial score (nSPS) is 20.1. The number of H-pyrrole nitrogens is 1. The fourth-order valence-electron chi connectivity index (χ4n) is 5.82. The third-order valence-electron chi connectivity index (χ3n) is 7.80. The summed E-state index contributed by atoms with van der Waals surface area (Å²) in [6, 6.07) is 19.2. The summed E-state index contributed by atoms with van der Waals surface area (Å²) in [5.74, 6) is -0.963. The molecule has 8 heteroatoms. The van der Waals surface area contributed by atoms with Crippen molar-refractivity contribution >= 4 is 23.5 Å². The van der Waals surface area contributed by atoms with Gasteiger partial charge in [0.2, 0.25) is 0 Å². The van der Waals surface area contributed by atoms with E-state index >= 15 is 0 Å². The highest BCUT2D eigenvalue weighted by molar-refractivity contribution is 6.03. The molecule has 41 heavy (non-hydrogen) atoms. The Labute approximate surface area is 239 Å². The molecule has 3 atom stereocenters. The summed E-state index contributed by atoms with van der Waals surface area (Å²) in [6.07, 6.45) is 2.70. The van der Waals surface area contributed by atoms with Gasteiger partial charge >= 0.3 is 11.9 Å². The number of hydrogen-bond acceptors (Lipinski definition) is 6. The van der Waals surface area contributed by atoms with Crippen molar-refractivity contribution in [3.8, 4) is 5.75 Å². The van der Waals surface area contributed by atoms with Gasteiger partial charge < -0.3 is 14.8 Å². The Hall–Kier alpha value is -4.72. The molecule has 3 unspecified atom stereocenters. The summed E-state index contributed by atoms with van der Waals surface area (Å²) in [5.41, 5.74) is 5.24. The van der Waals surface area contributed by atoms with E-state index in [1.807, 2.05) is 61.5 Å². The molecule has 0 spiro atoms. The number of pyridine rings is 1.